The summed E-state index contributed by atoms with van der Waals surface area (Å²) in [4.78, 5) is 11.0. The van der Waals surface area contributed by atoms with Gasteiger partial charge in [0.25, 0.3) is 5.91 Å². The van der Waals surface area contributed by atoms with Crippen LogP contribution < -0.4 is 10.1 Å². The van der Waals surface area contributed by atoms with Crippen molar-refractivity contribution in [2.75, 3.05) is 13.2 Å². The number of benzene rings is 1. The fourth-order valence-corrected chi connectivity index (χ4v) is 1.19. The number of amides is 1. The summed E-state index contributed by atoms with van der Waals surface area (Å²) < 4.78 is 41.1. The zero-order valence-electron chi connectivity index (χ0n) is 8.55. The molecule has 0 unspecified atom stereocenters. The van der Waals surface area contributed by atoms with Crippen molar-refractivity contribution in [2.24, 2.45) is 0 Å². The minimum Gasteiger partial charge on any atom is -0.484 e. The maximum atomic E-state index is 11.8. The summed E-state index contributed by atoms with van der Waals surface area (Å²) in [7, 11) is 0. The molecule has 0 saturated carbocycles. The van der Waals surface area contributed by atoms with E-state index < -0.39 is 25.2 Å². The van der Waals surface area contributed by atoms with Crippen LogP contribution in [0.15, 0.2) is 28.7 Å². The lowest BCUT2D eigenvalue weighted by Crippen LogP contribution is -2.36. The topological polar surface area (TPSA) is 38.3 Å². The number of halogens is 4. The van der Waals surface area contributed by atoms with Crippen LogP contribution in [0.5, 0.6) is 5.75 Å². The van der Waals surface area contributed by atoms with Crippen molar-refractivity contribution in [3.8, 4) is 5.75 Å². The molecule has 0 radical (unpaired) electrons. The lowest BCUT2D eigenvalue weighted by atomic mass is 10.3. The molecule has 1 amide bonds. The molecule has 0 fully saturated rings. The van der Waals surface area contributed by atoms with Crippen molar-refractivity contribution in [3.05, 3.63) is 28.7 Å². The van der Waals surface area contributed by atoms with Gasteiger partial charge in [-0.3, -0.25) is 4.79 Å². The maximum Gasteiger partial charge on any atom is 0.405 e. The molecular weight excluding hydrogens is 303 g/mol. The van der Waals surface area contributed by atoms with Crippen LogP contribution in [0, 0.1) is 0 Å². The van der Waals surface area contributed by atoms with E-state index in [0.717, 1.165) is 4.47 Å². The van der Waals surface area contributed by atoms with Crippen molar-refractivity contribution in [1.82, 2.24) is 5.32 Å². The van der Waals surface area contributed by atoms with Crippen LogP contribution in [0.3, 0.4) is 0 Å². The Hall–Kier alpha value is -1.24. The Morgan fingerprint density at radius 3 is 2.41 bits per heavy atom. The quantitative estimate of drug-likeness (QED) is 0.928. The van der Waals surface area contributed by atoms with Crippen molar-refractivity contribution >= 4 is 21.8 Å². The molecule has 0 spiro atoms. The highest BCUT2D eigenvalue weighted by Crippen LogP contribution is 2.16. The van der Waals surface area contributed by atoms with E-state index in [1.807, 2.05) is 0 Å². The SMILES string of the molecule is O=C(COc1ccc(Br)cc1)NCC(F)(F)F. The molecule has 0 bridgehead atoms. The Bertz CT molecular complexity index is 378. The summed E-state index contributed by atoms with van der Waals surface area (Å²) in [5.41, 5.74) is 0. The Morgan fingerprint density at radius 2 is 1.88 bits per heavy atom. The largest absolute Gasteiger partial charge is 0.484 e. The number of rotatable bonds is 4. The normalized spacial score (nSPS) is 11.1. The number of carbonyl (C=O) groups excluding carboxylic acids is 1. The van der Waals surface area contributed by atoms with Crippen molar-refractivity contribution < 1.29 is 22.7 Å². The first-order valence-corrected chi connectivity index (χ1v) is 5.38. The van der Waals surface area contributed by atoms with Gasteiger partial charge in [0.2, 0.25) is 0 Å². The van der Waals surface area contributed by atoms with E-state index in [9.17, 15) is 18.0 Å². The summed E-state index contributed by atoms with van der Waals surface area (Å²) in [5, 5.41) is 1.71. The summed E-state index contributed by atoms with van der Waals surface area (Å²) in [5.74, 6) is -0.402. The molecule has 0 heterocycles. The van der Waals surface area contributed by atoms with Gasteiger partial charge < -0.3 is 10.1 Å². The molecule has 0 aliphatic heterocycles. The number of alkyl halides is 3. The molecule has 3 nitrogen and oxygen atoms in total. The molecule has 0 atom stereocenters. The highest BCUT2D eigenvalue weighted by molar-refractivity contribution is 9.10. The van der Waals surface area contributed by atoms with Crippen LogP contribution in [0.25, 0.3) is 0 Å². The lowest BCUT2D eigenvalue weighted by molar-refractivity contribution is -0.139. The van der Waals surface area contributed by atoms with Gasteiger partial charge in [0.1, 0.15) is 12.3 Å². The van der Waals surface area contributed by atoms with E-state index in [0.29, 0.717) is 5.75 Å². The molecule has 1 aromatic rings. The maximum absolute atomic E-state index is 11.8. The second-order valence-corrected chi connectivity index (χ2v) is 4.05. The van der Waals surface area contributed by atoms with Crippen LogP contribution in [-0.2, 0) is 4.79 Å². The first-order valence-electron chi connectivity index (χ1n) is 4.58. The van der Waals surface area contributed by atoms with Gasteiger partial charge in [0.05, 0.1) is 0 Å². The zero-order chi connectivity index (χ0) is 12.9. The van der Waals surface area contributed by atoms with Gasteiger partial charge in [-0.05, 0) is 24.3 Å². The summed E-state index contributed by atoms with van der Waals surface area (Å²) >= 11 is 3.21. The third kappa shape index (κ3) is 6.15. The summed E-state index contributed by atoms with van der Waals surface area (Å²) in [6.45, 7) is -1.80. The molecule has 1 N–H and O–H groups in total. The Morgan fingerprint density at radius 1 is 1.29 bits per heavy atom. The van der Waals surface area contributed by atoms with Crippen LogP contribution in [0.4, 0.5) is 13.2 Å². The van der Waals surface area contributed by atoms with Crippen LogP contribution in [0.1, 0.15) is 0 Å². The molecule has 0 saturated heterocycles. The zero-order valence-corrected chi connectivity index (χ0v) is 10.1. The minimum absolute atomic E-state index is 0.412. The highest BCUT2D eigenvalue weighted by Gasteiger charge is 2.27. The lowest BCUT2D eigenvalue weighted by Gasteiger charge is -2.09. The second kappa shape index (κ2) is 5.90. The molecular formula is C10H9BrF3NO2. The molecule has 0 aromatic heterocycles. The minimum atomic E-state index is -4.41. The van der Waals surface area contributed by atoms with Gasteiger partial charge in [-0.15, -0.1) is 0 Å². The third-order valence-electron chi connectivity index (χ3n) is 1.67. The highest BCUT2D eigenvalue weighted by atomic mass is 79.9. The number of hydrogen-bond acceptors (Lipinski definition) is 2. The Labute approximate surface area is 104 Å². The molecule has 17 heavy (non-hydrogen) atoms. The van der Waals surface area contributed by atoms with Crippen molar-refractivity contribution in [3.63, 3.8) is 0 Å². The van der Waals surface area contributed by atoms with E-state index in [4.69, 9.17) is 4.74 Å². The van der Waals surface area contributed by atoms with Crippen LogP contribution in [-0.4, -0.2) is 25.2 Å². The van der Waals surface area contributed by atoms with Gasteiger partial charge in [-0.25, -0.2) is 0 Å². The standard InChI is InChI=1S/C10H9BrF3NO2/c11-7-1-3-8(4-2-7)17-5-9(16)15-6-10(12,13)14/h1-4H,5-6H2,(H,15,16). The van der Waals surface area contributed by atoms with E-state index >= 15 is 0 Å². The molecule has 7 heteroatoms. The molecule has 1 rings (SSSR count). The van der Waals surface area contributed by atoms with Gasteiger partial charge in [0.15, 0.2) is 6.61 Å². The summed E-state index contributed by atoms with van der Waals surface area (Å²) in [6.07, 6.45) is -4.41. The van der Waals surface area contributed by atoms with E-state index in [1.54, 1.807) is 29.6 Å². The predicted molar refractivity (Wildman–Crippen MR) is 58.7 cm³/mol. The average Bonchev–Trinajstić information content (AvgIpc) is 2.25. The monoisotopic (exact) mass is 311 g/mol. The number of carbonyl (C=O) groups is 1. The van der Waals surface area contributed by atoms with Gasteiger partial charge >= 0.3 is 6.18 Å². The Kier molecular flexibility index (Phi) is 4.80. The summed E-state index contributed by atoms with van der Waals surface area (Å²) in [6, 6.07) is 6.59. The first-order chi connectivity index (χ1) is 7.87. The van der Waals surface area contributed by atoms with Crippen molar-refractivity contribution in [2.45, 2.75) is 6.18 Å². The van der Waals surface area contributed by atoms with E-state index in [-0.39, 0.29) is 0 Å². The number of hydrogen-bond donors (Lipinski definition) is 1. The number of nitrogens with one attached hydrogen (secondary N) is 1. The van der Waals surface area contributed by atoms with Crippen LogP contribution >= 0.6 is 15.9 Å². The molecule has 0 aliphatic rings. The van der Waals surface area contributed by atoms with Gasteiger partial charge in [-0.2, -0.15) is 13.2 Å². The Balaban J connectivity index is 2.31. The molecule has 1 aromatic carbocycles. The third-order valence-corrected chi connectivity index (χ3v) is 2.20. The molecule has 0 aliphatic carbocycles. The van der Waals surface area contributed by atoms with Crippen LogP contribution in [0.2, 0.25) is 0 Å². The smallest absolute Gasteiger partial charge is 0.405 e. The predicted octanol–water partition coefficient (Wildman–Crippen LogP) is 2.51. The first kappa shape index (κ1) is 13.8. The fraction of sp³-hybridized carbons (Fsp3) is 0.300. The average molecular weight is 312 g/mol. The van der Waals surface area contributed by atoms with E-state index in [1.165, 1.54) is 0 Å². The molecule has 94 valence electrons. The van der Waals surface area contributed by atoms with Crippen molar-refractivity contribution in [1.29, 1.82) is 0 Å². The van der Waals surface area contributed by atoms with Gasteiger partial charge in [-0.1, -0.05) is 15.9 Å². The fourth-order valence-electron chi connectivity index (χ4n) is 0.930. The van der Waals surface area contributed by atoms with Gasteiger partial charge in [0, 0.05) is 4.47 Å². The van der Waals surface area contributed by atoms with E-state index in [2.05, 4.69) is 15.9 Å². The second-order valence-electron chi connectivity index (χ2n) is 3.13. The number of ether oxygens (including phenoxy) is 1.